The molecule has 1 unspecified atom stereocenters. The number of likely N-dealkylation sites (tertiary alicyclic amines) is 1. The summed E-state index contributed by atoms with van der Waals surface area (Å²) >= 11 is 5.73. The molecular formula is C14H18ClNO3. The van der Waals surface area contributed by atoms with Gasteiger partial charge in [0.15, 0.2) is 11.5 Å². The fourth-order valence-electron chi connectivity index (χ4n) is 2.41. The Hall–Kier alpha value is -1.42. The van der Waals surface area contributed by atoms with Gasteiger partial charge in [-0.1, -0.05) is 0 Å². The Morgan fingerprint density at radius 2 is 2.37 bits per heavy atom. The Labute approximate surface area is 117 Å². The zero-order valence-electron chi connectivity index (χ0n) is 10.9. The van der Waals surface area contributed by atoms with Crippen molar-refractivity contribution in [3.8, 4) is 11.5 Å². The molecule has 0 spiro atoms. The van der Waals surface area contributed by atoms with Crippen molar-refractivity contribution in [2.75, 3.05) is 26.1 Å². The molecule has 0 radical (unpaired) electrons. The molecule has 1 aromatic rings. The van der Waals surface area contributed by atoms with Crippen LogP contribution in [-0.2, 0) is 0 Å². The van der Waals surface area contributed by atoms with Crippen molar-refractivity contribution >= 4 is 17.5 Å². The van der Waals surface area contributed by atoms with Crippen LogP contribution in [0.2, 0.25) is 0 Å². The van der Waals surface area contributed by atoms with Gasteiger partial charge in [0.05, 0.1) is 7.11 Å². The number of ether oxygens (including phenoxy) is 1. The number of aromatic hydroxyl groups is 1. The number of carbonyl (C=O) groups is 1. The maximum absolute atomic E-state index is 12.3. The fraction of sp³-hybridized carbons (Fsp3) is 0.500. The fourth-order valence-corrected chi connectivity index (χ4v) is 2.72. The number of benzene rings is 1. The van der Waals surface area contributed by atoms with Gasteiger partial charge in [0.1, 0.15) is 0 Å². The van der Waals surface area contributed by atoms with E-state index in [0.717, 1.165) is 25.9 Å². The molecule has 1 saturated heterocycles. The topological polar surface area (TPSA) is 49.8 Å². The lowest BCUT2D eigenvalue weighted by Gasteiger charge is -2.17. The largest absolute Gasteiger partial charge is 0.504 e. The summed E-state index contributed by atoms with van der Waals surface area (Å²) in [6.45, 7) is 1.51. The molecule has 0 saturated carbocycles. The summed E-state index contributed by atoms with van der Waals surface area (Å²) in [5, 5.41) is 9.71. The Bertz CT molecular complexity index is 464. The molecule has 1 aliphatic rings. The van der Waals surface area contributed by atoms with Gasteiger partial charge >= 0.3 is 0 Å². The second-order valence-corrected chi connectivity index (χ2v) is 5.15. The van der Waals surface area contributed by atoms with Gasteiger partial charge in [-0.2, -0.15) is 0 Å². The zero-order valence-corrected chi connectivity index (χ0v) is 11.7. The molecule has 0 bridgehead atoms. The van der Waals surface area contributed by atoms with E-state index < -0.39 is 0 Å². The lowest BCUT2D eigenvalue weighted by atomic mass is 10.1. The van der Waals surface area contributed by atoms with Crippen LogP contribution in [0.5, 0.6) is 11.5 Å². The average Bonchev–Trinajstić information content (AvgIpc) is 2.87. The molecule has 5 heteroatoms. The standard InChI is InChI=1S/C14H18ClNO3/c1-19-13-3-2-11(8-12(13)17)14(18)16-7-5-10(9-16)4-6-15/h2-3,8,10,17H,4-7,9H2,1H3. The van der Waals surface area contributed by atoms with Crippen molar-refractivity contribution in [3.05, 3.63) is 23.8 Å². The van der Waals surface area contributed by atoms with E-state index in [-0.39, 0.29) is 11.7 Å². The van der Waals surface area contributed by atoms with Gasteiger partial charge in [-0.15, -0.1) is 11.6 Å². The van der Waals surface area contributed by atoms with Crippen LogP contribution in [-0.4, -0.2) is 42.0 Å². The number of amides is 1. The maximum atomic E-state index is 12.3. The molecule has 1 aliphatic heterocycles. The van der Waals surface area contributed by atoms with E-state index in [2.05, 4.69) is 0 Å². The highest BCUT2D eigenvalue weighted by atomic mass is 35.5. The van der Waals surface area contributed by atoms with Crippen molar-refractivity contribution in [3.63, 3.8) is 0 Å². The summed E-state index contributed by atoms with van der Waals surface area (Å²) in [6, 6.07) is 4.74. The summed E-state index contributed by atoms with van der Waals surface area (Å²) in [5.74, 6) is 1.45. The van der Waals surface area contributed by atoms with E-state index in [0.29, 0.717) is 23.1 Å². The van der Waals surface area contributed by atoms with E-state index in [1.807, 2.05) is 4.90 Å². The number of carbonyl (C=O) groups excluding carboxylic acids is 1. The van der Waals surface area contributed by atoms with Crippen LogP contribution in [0.25, 0.3) is 0 Å². The molecular weight excluding hydrogens is 266 g/mol. The molecule has 19 heavy (non-hydrogen) atoms. The van der Waals surface area contributed by atoms with E-state index in [1.54, 1.807) is 12.1 Å². The lowest BCUT2D eigenvalue weighted by molar-refractivity contribution is 0.0786. The van der Waals surface area contributed by atoms with Crippen molar-refractivity contribution in [1.29, 1.82) is 0 Å². The van der Waals surface area contributed by atoms with Crippen molar-refractivity contribution in [1.82, 2.24) is 4.90 Å². The molecule has 1 aromatic carbocycles. The van der Waals surface area contributed by atoms with Crippen molar-refractivity contribution in [2.24, 2.45) is 5.92 Å². The molecule has 1 amide bonds. The maximum Gasteiger partial charge on any atom is 0.254 e. The quantitative estimate of drug-likeness (QED) is 0.864. The minimum Gasteiger partial charge on any atom is -0.504 e. The number of rotatable bonds is 4. The van der Waals surface area contributed by atoms with Gasteiger partial charge in [-0.3, -0.25) is 4.79 Å². The van der Waals surface area contributed by atoms with Gasteiger partial charge in [0.2, 0.25) is 0 Å². The van der Waals surface area contributed by atoms with Crippen molar-refractivity contribution < 1.29 is 14.6 Å². The smallest absolute Gasteiger partial charge is 0.254 e. The van der Waals surface area contributed by atoms with E-state index in [4.69, 9.17) is 16.3 Å². The van der Waals surface area contributed by atoms with Crippen LogP contribution in [0.3, 0.4) is 0 Å². The number of hydrogen-bond donors (Lipinski definition) is 1. The molecule has 2 rings (SSSR count). The van der Waals surface area contributed by atoms with E-state index in [9.17, 15) is 9.90 Å². The van der Waals surface area contributed by atoms with Crippen LogP contribution in [0, 0.1) is 5.92 Å². The van der Waals surface area contributed by atoms with Crippen molar-refractivity contribution in [2.45, 2.75) is 12.8 Å². The predicted molar refractivity (Wildman–Crippen MR) is 74.0 cm³/mol. The summed E-state index contributed by atoms with van der Waals surface area (Å²) in [7, 11) is 1.48. The summed E-state index contributed by atoms with van der Waals surface area (Å²) in [4.78, 5) is 14.1. The first-order valence-electron chi connectivity index (χ1n) is 6.38. The van der Waals surface area contributed by atoms with Crippen LogP contribution in [0.15, 0.2) is 18.2 Å². The molecule has 1 atom stereocenters. The molecule has 0 aliphatic carbocycles. The molecule has 1 N–H and O–H groups in total. The Kier molecular flexibility index (Phi) is 4.53. The molecule has 1 fully saturated rings. The van der Waals surface area contributed by atoms with Gasteiger partial charge in [-0.25, -0.2) is 0 Å². The van der Waals surface area contributed by atoms with Gasteiger partial charge in [0, 0.05) is 24.5 Å². The molecule has 104 valence electrons. The minimum atomic E-state index is -0.0463. The Morgan fingerprint density at radius 3 is 3.00 bits per heavy atom. The van der Waals surface area contributed by atoms with E-state index >= 15 is 0 Å². The van der Waals surface area contributed by atoms with Gasteiger partial charge in [0.25, 0.3) is 5.91 Å². The van der Waals surface area contributed by atoms with Crippen LogP contribution < -0.4 is 4.74 Å². The Balaban J connectivity index is 2.06. The van der Waals surface area contributed by atoms with E-state index in [1.165, 1.54) is 13.2 Å². The van der Waals surface area contributed by atoms with Crippen LogP contribution >= 0.6 is 11.6 Å². The number of hydrogen-bond acceptors (Lipinski definition) is 3. The summed E-state index contributed by atoms with van der Waals surface area (Å²) in [5.41, 5.74) is 0.491. The minimum absolute atomic E-state index is 0.00939. The second kappa shape index (κ2) is 6.15. The molecule has 4 nitrogen and oxygen atoms in total. The number of nitrogens with zero attached hydrogens (tertiary/aromatic N) is 1. The zero-order chi connectivity index (χ0) is 13.8. The second-order valence-electron chi connectivity index (χ2n) is 4.77. The number of halogens is 1. The summed E-state index contributed by atoms with van der Waals surface area (Å²) in [6.07, 6.45) is 1.94. The number of phenolic OH excluding ortho intramolecular Hbond substituents is 1. The Morgan fingerprint density at radius 1 is 1.58 bits per heavy atom. The predicted octanol–water partition coefficient (Wildman–Crippen LogP) is 2.49. The third-order valence-electron chi connectivity index (χ3n) is 3.52. The third kappa shape index (κ3) is 3.13. The highest BCUT2D eigenvalue weighted by Gasteiger charge is 2.26. The highest BCUT2D eigenvalue weighted by molar-refractivity contribution is 6.17. The van der Waals surface area contributed by atoms with Gasteiger partial charge in [-0.05, 0) is 37.0 Å². The molecule has 1 heterocycles. The highest BCUT2D eigenvalue weighted by Crippen LogP contribution is 2.28. The van der Waals surface area contributed by atoms with Gasteiger partial charge < -0.3 is 14.7 Å². The normalized spacial score (nSPS) is 18.6. The first-order chi connectivity index (χ1) is 9.15. The third-order valence-corrected chi connectivity index (χ3v) is 3.73. The average molecular weight is 284 g/mol. The number of phenols is 1. The summed E-state index contributed by atoms with van der Waals surface area (Å²) < 4.78 is 4.96. The van der Waals surface area contributed by atoms with Crippen LogP contribution in [0.1, 0.15) is 23.2 Å². The molecule has 0 aromatic heterocycles. The first-order valence-corrected chi connectivity index (χ1v) is 6.91. The first kappa shape index (κ1) is 14.0. The lowest BCUT2D eigenvalue weighted by Crippen LogP contribution is -2.28. The SMILES string of the molecule is COc1ccc(C(=O)N2CCC(CCCl)C2)cc1O. The number of alkyl halides is 1. The monoisotopic (exact) mass is 283 g/mol. The number of methoxy groups -OCH3 is 1. The van der Waals surface area contributed by atoms with Crippen LogP contribution in [0.4, 0.5) is 0 Å².